The van der Waals surface area contributed by atoms with Crippen molar-refractivity contribution in [3.8, 4) is 28.7 Å². The van der Waals surface area contributed by atoms with Crippen molar-refractivity contribution >= 4 is 11.9 Å². The minimum absolute atomic E-state index is 0.120. The molecule has 3 aromatic rings. The van der Waals surface area contributed by atoms with E-state index in [1.165, 1.54) is 25.1 Å². The lowest BCUT2D eigenvalue weighted by Gasteiger charge is -2.15. The van der Waals surface area contributed by atoms with Crippen LogP contribution >= 0.6 is 0 Å². The Morgan fingerprint density at radius 2 is 1.73 bits per heavy atom. The molecule has 11 nitrogen and oxygen atoms in total. The van der Waals surface area contributed by atoms with E-state index in [1.54, 1.807) is 36.4 Å². The maximum absolute atomic E-state index is 12.3. The number of hydrazine groups is 1. The summed E-state index contributed by atoms with van der Waals surface area (Å²) in [5.41, 5.74) is 5.54. The zero-order valence-electron chi connectivity index (χ0n) is 18.4. The Morgan fingerprint density at radius 3 is 2.33 bits per heavy atom. The number of carbonyl (C=O) groups excluding carboxylic acids is 2. The van der Waals surface area contributed by atoms with Gasteiger partial charge in [0.1, 0.15) is 0 Å². The molecule has 3 amide bonds. The summed E-state index contributed by atoms with van der Waals surface area (Å²) in [4.78, 5) is 24.4. The van der Waals surface area contributed by atoms with E-state index in [1.807, 2.05) is 13.0 Å². The third-order valence-corrected chi connectivity index (χ3v) is 4.48. The highest BCUT2D eigenvalue weighted by atomic mass is 16.5. The molecule has 174 valence electrons. The van der Waals surface area contributed by atoms with Crippen LogP contribution in [-0.2, 0) is 6.54 Å². The molecule has 0 bridgehead atoms. The van der Waals surface area contributed by atoms with Gasteiger partial charge in [-0.3, -0.25) is 10.2 Å². The number of benzene rings is 2. The fraction of sp³-hybridized carbons (Fsp3) is 0.227. The van der Waals surface area contributed by atoms with Crippen LogP contribution in [0.3, 0.4) is 0 Å². The molecular weight excluding hydrogens is 430 g/mol. The van der Waals surface area contributed by atoms with Crippen LogP contribution in [0.2, 0.25) is 0 Å². The summed E-state index contributed by atoms with van der Waals surface area (Å²) < 4.78 is 17.6. The van der Waals surface area contributed by atoms with Crippen LogP contribution in [0.15, 0.2) is 48.7 Å². The number of nitrogens with zero attached hydrogens (tertiary/aromatic N) is 2. The quantitative estimate of drug-likeness (QED) is 0.382. The van der Waals surface area contributed by atoms with Crippen LogP contribution in [0.25, 0.3) is 5.69 Å². The maximum Gasteiger partial charge on any atom is 0.333 e. The minimum atomic E-state index is -0.776. The van der Waals surface area contributed by atoms with E-state index in [4.69, 9.17) is 14.2 Å². The number of rotatable bonds is 8. The molecule has 0 saturated carbocycles. The van der Waals surface area contributed by atoms with Crippen LogP contribution in [0.1, 0.15) is 23.0 Å². The van der Waals surface area contributed by atoms with E-state index in [0.29, 0.717) is 35.1 Å². The van der Waals surface area contributed by atoms with Gasteiger partial charge in [0.05, 0.1) is 32.7 Å². The monoisotopic (exact) mass is 455 g/mol. The lowest BCUT2D eigenvalue weighted by molar-refractivity contribution is 0.0928. The molecular formula is C22H25N5O6. The highest BCUT2D eigenvalue weighted by molar-refractivity contribution is 5.95. The van der Waals surface area contributed by atoms with Crippen LogP contribution in [0, 0.1) is 0 Å². The second-order valence-corrected chi connectivity index (χ2v) is 6.67. The molecule has 0 fully saturated rings. The van der Waals surface area contributed by atoms with Gasteiger partial charge in [0.2, 0.25) is 5.75 Å². The molecule has 0 atom stereocenters. The summed E-state index contributed by atoms with van der Waals surface area (Å²) in [5.74, 6) is 0.295. The molecule has 0 aliphatic rings. The Hall–Kier alpha value is -4.41. The van der Waals surface area contributed by atoms with E-state index in [9.17, 15) is 14.7 Å². The Bertz CT molecular complexity index is 1090. The first-order valence-corrected chi connectivity index (χ1v) is 10.0. The summed E-state index contributed by atoms with van der Waals surface area (Å²) >= 11 is 0. The molecule has 0 saturated heterocycles. The first kappa shape index (κ1) is 23.3. The van der Waals surface area contributed by atoms with Crippen molar-refractivity contribution in [2.45, 2.75) is 13.5 Å². The third-order valence-electron chi connectivity index (χ3n) is 4.48. The molecule has 4 N–H and O–H groups in total. The summed E-state index contributed by atoms with van der Waals surface area (Å²) in [6, 6.07) is 11.7. The zero-order valence-corrected chi connectivity index (χ0v) is 18.4. The number of carbonyl (C=O) groups is 2. The van der Waals surface area contributed by atoms with Crippen molar-refractivity contribution in [3.63, 3.8) is 0 Å². The number of hydrogen-bond acceptors (Lipinski definition) is 7. The van der Waals surface area contributed by atoms with Crippen molar-refractivity contribution in [2.24, 2.45) is 0 Å². The van der Waals surface area contributed by atoms with Crippen LogP contribution < -0.4 is 30.4 Å². The number of hydrogen-bond donors (Lipinski definition) is 4. The van der Waals surface area contributed by atoms with Crippen molar-refractivity contribution < 1.29 is 28.9 Å². The van der Waals surface area contributed by atoms with Gasteiger partial charge < -0.3 is 24.6 Å². The number of aromatic nitrogens is 2. The van der Waals surface area contributed by atoms with Gasteiger partial charge in [-0.05, 0) is 36.8 Å². The summed E-state index contributed by atoms with van der Waals surface area (Å²) in [6.07, 6.45) is 1.30. The fourth-order valence-corrected chi connectivity index (χ4v) is 2.96. The van der Waals surface area contributed by atoms with Gasteiger partial charge in [0.15, 0.2) is 22.9 Å². The summed E-state index contributed by atoms with van der Waals surface area (Å²) in [5, 5.41) is 16.7. The number of methoxy groups -OCH3 is 2. The van der Waals surface area contributed by atoms with E-state index >= 15 is 0 Å². The average molecular weight is 455 g/mol. The van der Waals surface area contributed by atoms with E-state index < -0.39 is 11.9 Å². The predicted octanol–water partition coefficient (Wildman–Crippen LogP) is 2.14. The summed E-state index contributed by atoms with van der Waals surface area (Å²) in [6.45, 7) is 2.40. The molecule has 0 aliphatic heterocycles. The molecule has 2 aromatic carbocycles. The van der Waals surface area contributed by atoms with E-state index in [-0.39, 0.29) is 18.0 Å². The second kappa shape index (κ2) is 10.8. The SMILES string of the molecule is CCOc1c(OC)cc(CNC(=O)NNC(=O)c2nn(-c3ccccc3)cc2O)cc1OC. The van der Waals surface area contributed by atoms with Gasteiger partial charge in [-0.2, -0.15) is 5.10 Å². The standard InChI is InChI=1S/C22H25N5O6/c1-4-33-20-17(31-2)10-14(11-18(20)32-3)12-23-22(30)25-24-21(29)19-16(28)13-27(26-19)15-8-6-5-7-9-15/h5-11,13,28H,4,12H2,1-3H3,(H,24,29)(H2,23,25,30). The molecule has 0 spiro atoms. The van der Waals surface area contributed by atoms with Crippen molar-refractivity contribution in [1.82, 2.24) is 25.9 Å². The van der Waals surface area contributed by atoms with Gasteiger partial charge in [0.25, 0.3) is 5.91 Å². The smallest absolute Gasteiger partial charge is 0.333 e. The maximum atomic E-state index is 12.3. The molecule has 1 aromatic heterocycles. The molecule has 33 heavy (non-hydrogen) atoms. The largest absolute Gasteiger partial charge is 0.504 e. The van der Waals surface area contributed by atoms with Gasteiger partial charge in [-0.1, -0.05) is 18.2 Å². The highest BCUT2D eigenvalue weighted by Gasteiger charge is 2.18. The van der Waals surface area contributed by atoms with Crippen molar-refractivity contribution in [1.29, 1.82) is 0 Å². The molecule has 1 heterocycles. The number of aromatic hydroxyl groups is 1. The van der Waals surface area contributed by atoms with Gasteiger partial charge in [0, 0.05) is 6.54 Å². The average Bonchev–Trinajstić information content (AvgIpc) is 3.23. The molecule has 0 aliphatic carbocycles. The second-order valence-electron chi connectivity index (χ2n) is 6.67. The Balaban J connectivity index is 1.58. The van der Waals surface area contributed by atoms with Gasteiger partial charge in [-0.15, -0.1) is 0 Å². The van der Waals surface area contributed by atoms with Crippen LogP contribution in [0.5, 0.6) is 23.0 Å². The molecule has 3 rings (SSSR count). The molecule has 11 heteroatoms. The normalized spacial score (nSPS) is 10.3. The lowest BCUT2D eigenvalue weighted by Crippen LogP contribution is -2.46. The van der Waals surface area contributed by atoms with Crippen LogP contribution in [-0.4, -0.2) is 47.7 Å². The number of nitrogens with one attached hydrogen (secondary N) is 3. The molecule has 0 unspecified atom stereocenters. The first-order valence-electron chi connectivity index (χ1n) is 10.0. The third kappa shape index (κ3) is 5.64. The number of amides is 3. The first-order chi connectivity index (χ1) is 16.0. The Morgan fingerprint density at radius 1 is 1.06 bits per heavy atom. The Labute approximate surface area is 190 Å². The molecule has 0 radical (unpaired) electrons. The van der Waals surface area contributed by atoms with Crippen molar-refractivity contribution in [3.05, 3.63) is 59.9 Å². The van der Waals surface area contributed by atoms with Gasteiger partial charge in [-0.25, -0.2) is 14.9 Å². The van der Waals surface area contributed by atoms with Gasteiger partial charge >= 0.3 is 6.03 Å². The van der Waals surface area contributed by atoms with Crippen molar-refractivity contribution in [2.75, 3.05) is 20.8 Å². The minimum Gasteiger partial charge on any atom is -0.504 e. The predicted molar refractivity (Wildman–Crippen MR) is 119 cm³/mol. The lowest BCUT2D eigenvalue weighted by atomic mass is 10.2. The van der Waals surface area contributed by atoms with E-state index in [2.05, 4.69) is 21.3 Å². The summed E-state index contributed by atoms with van der Waals surface area (Å²) in [7, 11) is 3.01. The topological polar surface area (TPSA) is 136 Å². The number of urea groups is 1. The van der Waals surface area contributed by atoms with Crippen LogP contribution in [0.4, 0.5) is 4.79 Å². The Kier molecular flexibility index (Phi) is 7.58. The van der Waals surface area contributed by atoms with E-state index in [0.717, 1.165) is 0 Å². The number of ether oxygens (including phenoxy) is 3. The highest BCUT2D eigenvalue weighted by Crippen LogP contribution is 2.38. The number of para-hydroxylation sites is 1. The zero-order chi connectivity index (χ0) is 23.8. The fourth-order valence-electron chi connectivity index (χ4n) is 2.96.